The van der Waals surface area contributed by atoms with Crippen LogP contribution in [0.5, 0.6) is 5.75 Å². The predicted molar refractivity (Wildman–Crippen MR) is 124 cm³/mol. The number of carbonyl (C=O) groups excluding carboxylic acids is 1. The van der Waals surface area contributed by atoms with E-state index < -0.39 is 0 Å². The number of aryl methyl sites for hydroxylation is 2. The van der Waals surface area contributed by atoms with Gasteiger partial charge >= 0.3 is 0 Å². The van der Waals surface area contributed by atoms with Crippen LogP contribution in [0.4, 0.5) is 5.69 Å². The summed E-state index contributed by atoms with van der Waals surface area (Å²) >= 11 is 0. The maximum absolute atomic E-state index is 12.6. The molecule has 0 saturated carbocycles. The number of hydrogen-bond acceptors (Lipinski definition) is 4. The number of anilines is 1. The molecular formula is C26H26N2O3. The Kier molecular flexibility index (Phi) is 5.76. The second-order valence-electron chi connectivity index (χ2n) is 8.05. The lowest BCUT2D eigenvalue weighted by Crippen LogP contribution is -2.21. The Morgan fingerprint density at radius 2 is 1.87 bits per heavy atom. The van der Waals surface area contributed by atoms with Crippen LogP contribution in [0.2, 0.25) is 0 Å². The Hall–Kier alpha value is -3.60. The zero-order valence-corrected chi connectivity index (χ0v) is 18.2. The van der Waals surface area contributed by atoms with Crippen LogP contribution in [-0.2, 0) is 4.79 Å². The van der Waals surface area contributed by atoms with Crippen LogP contribution in [0.15, 0.2) is 65.1 Å². The molecular weight excluding hydrogens is 388 g/mol. The van der Waals surface area contributed by atoms with Crippen LogP contribution in [0.1, 0.15) is 36.5 Å². The molecule has 1 N–H and O–H groups in total. The number of hydrogen-bond donors (Lipinski definition) is 1. The molecule has 158 valence electrons. The summed E-state index contributed by atoms with van der Waals surface area (Å²) in [5, 5.41) is 2.95. The Bertz CT molecular complexity index is 1210. The zero-order valence-electron chi connectivity index (χ0n) is 18.2. The van der Waals surface area contributed by atoms with Crippen molar-refractivity contribution in [1.29, 1.82) is 0 Å². The second-order valence-corrected chi connectivity index (χ2v) is 8.05. The van der Waals surface area contributed by atoms with Gasteiger partial charge in [-0.15, -0.1) is 0 Å². The molecule has 31 heavy (non-hydrogen) atoms. The minimum Gasteiger partial charge on any atom is -0.483 e. The standard InChI is InChI=1S/C26H26N2O3/c1-16(2)20-12-9-17(3)13-24(20)30-15-25(29)27-22-14-19(11-10-18(22)4)26-28-21-7-5-6-8-23(21)31-26/h5-14,16H,15H2,1-4H3,(H,27,29). The van der Waals surface area contributed by atoms with Gasteiger partial charge in [0.2, 0.25) is 5.89 Å². The topological polar surface area (TPSA) is 64.4 Å². The van der Waals surface area contributed by atoms with Gasteiger partial charge in [0, 0.05) is 11.3 Å². The lowest BCUT2D eigenvalue weighted by molar-refractivity contribution is -0.118. The van der Waals surface area contributed by atoms with Gasteiger partial charge in [-0.1, -0.05) is 44.2 Å². The van der Waals surface area contributed by atoms with Gasteiger partial charge in [0.05, 0.1) is 0 Å². The van der Waals surface area contributed by atoms with Crippen molar-refractivity contribution < 1.29 is 13.9 Å². The van der Waals surface area contributed by atoms with E-state index in [1.807, 2.05) is 62.4 Å². The molecule has 0 aliphatic heterocycles. The van der Waals surface area contributed by atoms with E-state index in [-0.39, 0.29) is 12.5 Å². The fourth-order valence-electron chi connectivity index (χ4n) is 3.46. The van der Waals surface area contributed by atoms with E-state index >= 15 is 0 Å². The van der Waals surface area contributed by atoms with Crippen molar-refractivity contribution in [1.82, 2.24) is 4.98 Å². The molecule has 0 unspecified atom stereocenters. The molecule has 0 saturated heterocycles. The molecule has 0 aliphatic rings. The van der Waals surface area contributed by atoms with E-state index in [2.05, 4.69) is 36.3 Å². The third-order valence-electron chi connectivity index (χ3n) is 5.20. The van der Waals surface area contributed by atoms with Crippen molar-refractivity contribution >= 4 is 22.7 Å². The van der Waals surface area contributed by atoms with E-state index in [1.165, 1.54) is 0 Å². The first kappa shape index (κ1) is 20.7. The highest BCUT2D eigenvalue weighted by Crippen LogP contribution is 2.29. The van der Waals surface area contributed by atoms with Gasteiger partial charge in [0.15, 0.2) is 12.2 Å². The van der Waals surface area contributed by atoms with Crippen molar-refractivity contribution in [3.05, 3.63) is 77.4 Å². The Labute approximate surface area is 182 Å². The number of rotatable bonds is 6. The molecule has 0 aliphatic carbocycles. The minimum absolute atomic E-state index is 0.0598. The highest BCUT2D eigenvalue weighted by Gasteiger charge is 2.13. The predicted octanol–water partition coefficient (Wildman–Crippen LogP) is 6.25. The zero-order chi connectivity index (χ0) is 22.0. The van der Waals surface area contributed by atoms with E-state index in [0.29, 0.717) is 17.5 Å². The molecule has 0 radical (unpaired) electrons. The van der Waals surface area contributed by atoms with E-state index in [0.717, 1.165) is 39.1 Å². The average Bonchev–Trinajstić information content (AvgIpc) is 3.18. The summed E-state index contributed by atoms with van der Waals surface area (Å²) in [5.41, 5.74) is 6.19. The number of benzene rings is 3. The third-order valence-corrected chi connectivity index (χ3v) is 5.20. The third kappa shape index (κ3) is 4.61. The minimum atomic E-state index is -0.214. The van der Waals surface area contributed by atoms with Crippen molar-refractivity contribution in [2.75, 3.05) is 11.9 Å². The van der Waals surface area contributed by atoms with Crippen molar-refractivity contribution in [2.45, 2.75) is 33.6 Å². The molecule has 1 amide bonds. The van der Waals surface area contributed by atoms with Gasteiger partial charge in [-0.05, 0) is 66.8 Å². The lowest BCUT2D eigenvalue weighted by Gasteiger charge is -2.15. The SMILES string of the molecule is Cc1ccc(C(C)C)c(OCC(=O)Nc2cc(-c3nc4ccccc4o3)ccc2C)c1. The fourth-order valence-corrected chi connectivity index (χ4v) is 3.46. The number of nitrogens with one attached hydrogen (secondary N) is 1. The van der Waals surface area contributed by atoms with Crippen LogP contribution in [0, 0.1) is 13.8 Å². The number of oxazole rings is 1. The Morgan fingerprint density at radius 3 is 2.65 bits per heavy atom. The first-order valence-electron chi connectivity index (χ1n) is 10.4. The number of fused-ring (bicyclic) bond motifs is 1. The van der Waals surface area contributed by atoms with Crippen LogP contribution in [-0.4, -0.2) is 17.5 Å². The summed E-state index contributed by atoms with van der Waals surface area (Å²) in [5.74, 6) is 1.37. The summed E-state index contributed by atoms with van der Waals surface area (Å²) in [7, 11) is 0. The smallest absolute Gasteiger partial charge is 0.262 e. The Morgan fingerprint density at radius 1 is 1.06 bits per heavy atom. The second kappa shape index (κ2) is 8.64. The van der Waals surface area contributed by atoms with Crippen LogP contribution >= 0.6 is 0 Å². The molecule has 4 rings (SSSR count). The van der Waals surface area contributed by atoms with Crippen LogP contribution < -0.4 is 10.1 Å². The molecule has 5 heteroatoms. The average molecular weight is 415 g/mol. The lowest BCUT2D eigenvalue weighted by atomic mass is 10.0. The van der Waals surface area contributed by atoms with Crippen molar-refractivity contribution in [3.8, 4) is 17.2 Å². The monoisotopic (exact) mass is 414 g/mol. The highest BCUT2D eigenvalue weighted by molar-refractivity contribution is 5.93. The maximum Gasteiger partial charge on any atom is 0.262 e. The van der Waals surface area contributed by atoms with Gasteiger partial charge in [0.25, 0.3) is 5.91 Å². The number of carbonyl (C=O) groups is 1. The normalized spacial score (nSPS) is 11.1. The van der Waals surface area contributed by atoms with Gasteiger partial charge in [-0.25, -0.2) is 4.98 Å². The van der Waals surface area contributed by atoms with Gasteiger partial charge in [-0.2, -0.15) is 0 Å². The molecule has 1 aromatic heterocycles. The number of nitrogens with zero attached hydrogens (tertiary/aromatic N) is 1. The van der Waals surface area contributed by atoms with E-state index in [4.69, 9.17) is 9.15 Å². The molecule has 1 heterocycles. The number of aromatic nitrogens is 1. The summed E-state index contributed by atoms with van der Waals surface area (Å²) in [6.07, 6.45) is 0. The molecule has 0 bridgehead atoms. The van der Waals surface area contributed by atoms with E-state index in [1.54, 1.807) is 0 Å². The number of ether oxygens (including phenoxy) is 1. The first-order valence-corrected chi connectivity index (χ1v) is 10.4. The molecule has 0 fully saturated rings. The summed E-state index contributed by atoms with van der Waals surface area (Å²) in [4.78, 5) is 17.2. The van der Waals surface area contributed by atoms with Gasteiger partial charge in [0.1, 0.15) is 11.3 Å². The molecule has 5 nitrogen and oxygen atoms in total. The first-order chi connectivity index (χ1) is 14.9. The summed E-state index contributed by atoms with van der Waals surface area (Å²) in [6, 6.07) is 19.5. The largest absolute Gasteiger partial charge is 0.483 e. The highest BCUT2D eigenvalue weighted by atomic mass is 16.5. The maximum atomic E-state index is 12.6. The van der Waals surface area contributed by atoms with Gasteiger partial charge in [-0.3, -0.25) is 4.79 Å². The number of amides is 1. The van der Waals surface area contributed by atoms with Crippen LogP contribution in [0.25, 0.3) is 22.6 Å². The molecule has 0 atom stereocenters. The van der Waals surface area contributed by atoms with Crippen LogP contribution in [0.3, 0.4) is 0 Å². The van der Waals surface area contributed by atoms with Crippen molar-refractivity contribution in [2.24, 2.45) is 0 Å². The molecule has 4 aromatic rings. The summed E-state index contributed by atoms with van der Waals surface area (Å²) < 4.78 is 11.7. The quantitative estimate of drug-likeness (QED) is 0.405. The van der Waals surface area contributed by atoms with Crippen molar-refractivity contribution in [3.63, 3.8) is 0 Å². The van der Waals surface area contributed by atoms with E-state index in [9.17, 15) is 4.79 Å². The Balaban J connectivity index is 1.50. The number of para-hydroxylation sites is 2. The van der Waals surface area contributed by atoms with Gasteiger partial charge < -0.3 is 14.5 Å². The molecule has 0 spiro atoms. The molecule has 3 aromatic carbocycles. The summed E-state index contributed by atoms with van der Waals surface area (Å²) in [6.45, 7) is 8.12. The fraction of sp³-hybridized carbons (Fsp3) is 0.231.